The van der Waals surface area contributed by atoms with E-state index in [1.807, 2.05) is 24.0 Å². The Kier molecular flexibility index (Phi) is 4.51. The van der Waals surface area contributed by atoms with Gasteiger partial charge in [-0.05, 0) is 37.8 Å². The van der Waals surface area contributed by atoms with Gasteiger partial charge in [-0.1, -0.05) is 0 Å². The van der Waals surface area contributed by atoms with E-state index in [-0.39, 0.29) is 17.9 Å². The summed E-state index contributed by atoms with van der Waals surface area (Å²) in [5.41, 5.74) is 0. The average Bonchev–Trinajstić information content (AvgIpc) is 2.90. The summed E-state index contributed by atoms with van der Waals surface area (Å²) >= 11 is 0. The van der Waals surface area contributed by atoms with Crippen LogP contribution in [0.5, 0.6) is 0 Å². The SMILES string of the molecule is Cc1ccc(CCN2C(=O)CC[C@H]3CN(S(C)(=O)=O)CC[C@H]32)o1. The van der Waals surface area contributed by atoms with Crippen LogP contribution in [0.2, 0.25) is 0 Å². The summed E-state index contributed by atoms with van der Waals surface area (Å²) in [5, 5.41) is 0. The van der Waals surface area contributed by atoms with Gasteiger partial charge in [-0.2, -0.15) is 0 Å². The van der Waals surface area contributed by atoms with Crippen molar-refractivity contribution in [1.29, 1.82) is 0 Å². The minimum Gasteiger partial charge on any atom is -0.466 e. The average molecular weight is 340 g/mol. The molecule has 2 aliphatic rings. The number of carbonyl (C=O) groups is 1. The maximum Gasteiger partial charge on any atom is 0.222 e. The van der Waals surface area contributed by atoms with E-state index in [0.717, 1.165) is 24.4 Å². The van der Waals surface area contributed by atoms with E-state index in [9.17, 15) is 13.2 Å². The fourth-order valence-corrected chi connectivity index (χ4v) is 4.66. The summed E-state index contributed by atoms with van der Waals surface area (Å²) in [4.78, 5) is 14.3. The van der Waals surface area contributed by atoms with E-state index in [4.69, 9.17) is 4.42 Å². The van der Waals surface area contributed by atoms with Gasteiger partial charge in [-0.3, -0.25) is 4.79 Å². The van der Waals surface area contributed by atoms with Crippen molar-refractivity contribution in [2.75, 3.05) is 25.9 Å². The van der Waals surface area contributed by atoms with Gasteiger partial charge in [0, 0.05) is 38.5 Å². The molecule has 0 aromatic carbocycles. The van der Waals surface area contributed by atoms with E-state index >= 15 is 0 Å². The molecule has 1 amide bonds. The summed E-state index contributed by atoms with van der Waals surface area (Å²) < 4.78 is 30.6. The predicted octanol–water partition coefficient (Wildman–Crippen LogP) is 1.40. The number of furan rings is 1. The minimum atomic E-state index is -3.15. The number of hydrogen-bond donors (Lipinski definition) is 0. The smallest absolute Gasteiger partial charge is 0.222 e. The molecule has 3 rings (SSSR count). The predicted molar refractivity (Wildman–Crippen MR) is 86.4 cm³/mol. The van der Waals surface area contributed by atoms with Gasteiger partial charge in [0.25, 0.3) is 0 Å². The Morgan fingerprint density at radius 1 is 1.30 bits per heavy atom. The van der Waals surface area contributed by atoms with Gasteiger partial charge in [-0.15, -0.1) is 0 Å². The third-order valence-corrected chi connectivity index (χ3v) is 6.24. The number of aryl methyl sites for hydroxylation is 1. The molecule has 0 saturated carbocycles. The molecule has 2 aliphatic heterocycles. The highest BCUT2D eigenvalue weighted by molar-refractivity contribution is 7.88. The zero-order chi connectivity index (χ0) is 16.6. The summed E-state index contributed by atoms with van der Waals surface area (Å²) in [5.74, 6) is 2.20. The number of rotatable bonds is 4. The van der Waals surface area contributed by atoms with Crippen LogP contribution in [-0.2, 0) is 21.2 Å². The third-order valence-electron chi connectivity index (χ3n) is 4.97. The van der Waals surface area contributed by atoms with Gasteiger partial charge >= 0.3 is 0 Å². The molecule has 0 bridgehead atoms. The number of carbonyl (C=O) groups excluding carboxylic acids is 1. The molecule has 2 atom stereocenters. The van der Waals surface area contributed by atoms with Crippen LogP contribution >= 0.6 is 0 Å². The highest BCUT2D eigenvalue weighted by Crippen LogP contribution is 2.32. The quantitative estimate of drug-likeness (QED) is 0.831. The Hall–Kier alpha value is -1.34. The highest BCUT2D eigenvalue weighted by Gasteiger charge is 2.40. The third kappa shape index (κ3) is 3.61. The lowest BCUT2D eigenvalue weighted by molar-refractivity contribution is -0.140. The molecule has 0 radical (unpaired) electrons. The van der Waals surface area contributed by atoms with Crippen molar-refractivity contribution in [3.05, 3.63) is 23.7 Å². The van der Waals surface area contributed by atoms with Gasteiger partial charge in [0.2, 0.25) is 15.9 Å². The Morgan fingerprint density at radius 3 is 2.74 bits per heavy atom. The maximum atomic E-state index is 12.3. The largest absolute Gasteiger partial charge is 0.466 e. The summed E-state index contributed by atoms with van der Waals surface area (Å²) in [6.07, 6.45) is 3.99. The second-order valence-corrected chi connectivity index (χ2v) is 8.61. The summed E-state index contributed by atoms with van der Waals surface area (Å²) in [7, 11) is -3.15. The second kappa shape index (κ2) is 6.28. The van der Waals surface area contributed by atoms with Gasteiger partial charge in [-0.25, -0.2) is 12.7 Å². The van der Waals surface area contributed by atoms with E-state index in [1.54, 1.807) is 4.31 Å². The van der Waals surface area contributed by atoms with Crippen LogP contribution in [0, 0.1) is 12.8 Å². The van der Waals surface area contributed by atoms with Crippen molar-refractivity contribution in [2.45, 2.75) is 38.6 Å². The fraction of sp³-hybridized carbons (Fsp3) is 0.688. The Balaban J connectivity index is 1.67. The number of fused-ring (bicyclic) bond motifs is 1. The Bertz CT molecular complexity index is 682. The first-order valence-electron chi connectivity index (χ1n) is 8.14. The molecule has 2 saturated heterocycles. The maximum absolute atomic E-state index is 12.3. The van der Waals surface area contributed by atoms with E-state index < -0.39 is 10.0 Å². The lowest BCUT2D eigenvalue weighted by Gasteiger charge is -2.46. The molecule has 0 aliphatic carbocycles. The molecule has 7 heteroatoms. The van der Waals surface area contributed by atoms with Crippen LogP contribution in [0.1, 0.15) is 30.8 Å². The number of sulfonamides is 1. The first kappa shape index (κ1) is 16.5. The van der Waals surface area contributed by atoms with E-state index in [2.05, 4.69) is 0 Å². The van der Waals surface area contributed by atoms with Crippen molar-refractivity contribution in [3.8, 4) is 0 Å². The monoisotopic (exact) mass is 340 g/mol. The Labute approximate surface area is 137 Å². The van der Waals surface area contributed by atoms with E-state index in [0.29, 0.717) is 32.5 Å². The number of amides is 1. The zero-order valence-corrected chi connectivity index (χ0v) is 14.5. The summed E-state index contributed by atoms with van der Waals surface area (Å²) in [6.45, 7) is 3.59. The molecular weight excluding hydrogens is 316 g/mol. The van der Waals surface area contributed by atoms with Crippen molar-refractivity contribution in [1.82, 2.24) is 9.21 Å². The lowest BCUT2D eigenvalue weighted by Crippen LogP contribution is -2.57. The van der Waals surface area contributed by atoms with Gasteiger partial charge in [0.15, 0.2) is 0 Å². The standard InChI is InChI=1S/C16H24N2O4S/c1-12-3-5-14(22-12)7-10-18-15-8-9-17(23(2,20)21)11-13(15)4-6-16(18)19/h3,5,13,15H,4,6-11H2,1-2H3/t13-,15+/m0/s1. The molecule has 3 heterocycles. The zero-order valence-electron chi connectivity index (χ0n) is 13.7. The van der Waals surface area contributed by atoms with Crippen molar-refractivity contribution >= 4 is 15.9 Å². The normalized spacial score (nSPS) is 26.3. The van der Waals surface area contributed by atoms with Crippen LogP contribution in [0.3, 0.4) is 0 Å². The molecule has 0 unspecified atom stereocenters. The molecule has 1 aromatic rings. The van der Waals surface area contributed by atoms with Crippen LogP contribution in [0.4, 0.5) is 0 Å². The summed E-state index contributed by atoms with van der Waals surface area (Å²) in [6, 6.07) is 4.04. The van der Waals surface area contributed by atoms with Crippen molar-refractivity contribution < 1.29 is 17.6 Å². The fourth-order valence-electron chi connectivity index (χ4n) is 3.76. The van der Waals surface area contributed by atoms with Crippen LogP contribution in [0.25, 0.3) is 0 Å². The molecule has 0 spiro atoms. The molecule has 1 aromatic heterocycles. The lowest BCUT2D eigenvalue weighted by atomic mass is 9.84. The number of nitrogens with zero attached hydrogens (tertiary/aromatic N) is 2. The minimum absolute atomic E-state index is 0.158. The number of likely N-dealkylation sites (tertiary alicyclic amines) is 1. The molecular formula is C16H24N2O4S. The van der Waals surface area contributed by atoms with Gasteiger partial charge < -0.3 is 9.32 Å². The molecule has 23 heavy (non-hydrogen) atoms. The number of hydrogen-bond acceptors (Lipinski definition) is 4. The van der Waals surface area contributed by atoms with Crippen LogP contribution in [-0.4, -0.2) is 55.5 Å². The van der Waals surface area contributed by atoms with Crippen LogP contribution < -0.4 is 0 Å². The van der Waals surface area contributed by atoms with Crippen molar-refractivity contribution in [3.63, 3.8) is 0 Å². The molecule has 128 valence electrons. The van der Waals surface area contributed by atoms with Gasteiger partial charge in [0.05, 0.1) is 6.26 Å². The van der Waals surface area contributed by atoms with E-state index in [1.165, 1.54) is 6.26 Å². The first-order chi connectivity index (χ1) is 10.8. The first-order valence-corrected chi connectivity index (χ1v) is 9.99. The van der Waals surface area contributed by atoms with Crippen LogP contribution in [0.15, 0.2) is 16.5 Å². The highest BCUT2D eigenvalue weighted by atomic mass is 32.2. The number of piperidine rings is 2. The second-order valence-electron chi connectivity index (χ2n) is 6.63. The molecule has 0 N–H and O–H groups in total. The topological polar surface area (TPSA) is 70.8 Å². The Morgan fingerprint density at radius 2 is 2.09 bits per heavy atom. The molecule has 6 nitrogen and oxygen atoms in total. The molecule has 2 fully saturated rings. The van der Waals surface area contributed by atoms with Gasteiger partial charge in [0.1, 0.15) is 11.5 Å². The van der Waals surface area contributed by atoms with Crippen molar-refractivity contribution in [2.24, 2.45) is 5.92 Å².